The summed E-state index contributed by atoms with van der Waals surface area (Å²) < 4.78 is 32.7. The Hall–Kier alpha value is -0.960. The zero-order valence-electron chi connectivity index (χ0n) is 9.61. The summed E-state index contributed by atoms with van der Waals surface area (Å²) in [6.45, 7) is 1.31. The van der Waals surface area contributed by atoms with Crippen LogP contribution in [-0.4, -0.2) is 54.6 Å². The van der Waals surface area contributed by atoms with Gasteiger partial charge in [-0.1, -0.05) is 0 Å². The molecule has 0 saturated carbocycles. The molecule has 2 heterocycles. The van der Waals surface area contributed by atoms with Crippen molar-refractivity contribution in [2.75, 3.05) is 26.2 Å². The van der Waals surface area contributed by atoms with Crippen molar-refractivity contribution in [3.8, 4) is 0 Å². The van der Waals surface area contributed by atoms with Crippen molar-refractivity contribution in [1.29, 1.82) is 0 Å². The minimum absolute atomic E-state index is 0.0673. The van der Waals surface area contributed by atoms with E-state index in [1.807, 2.05) is 0 Å². The Kier molecular flexibility index (Phi) is 3.48. The highest BCUT2D eigenvalue weighted by atomic mass is 32.2. The maximum Gasteiger partial charge on any atom is 0.262 e. The zero-order chi connectivity index (χ0) is 12.5. The van der Waals surface area contributed by atoms with E-state index in [-0.39, 0.29) is 17.7 Å². The maximum atomic E-state index is 12.2. The molecule has 0 amide bonds. The van der Waals surface area contributed by atoms with Crippen molar-refractivity contribution < 1.29 is 13.2 Å². The first-order valence-corrected chi connectivity index (χ1v) is 6.78. The molecular weight excluding hydrogens is 244 g/mol. The summed E-state index contributed by atoms with van der Waals surface area (Å²) in [5.74, 6) is 0. The third-order valence-corrected chi connectivity index (χ3v) is 4.40. The lowest BCUT2D eigenvalue weighted by Crippen LogP contribution is -2.48. The molecule has 0 aromatic carbocycles. The fourth-order valence-electron chi connectivity index (χ4n) is 1.71. The summed E-state index contributed by atoms with van der Waals surface area (Å²) in [4.78, 5) is 3.87. The van der Waals surface area contributed by atoms with Crippen molar-refractivity contribution in [2.24, 2.45) is 12.8 Å². The van der Waals surface area contributed by atoms with Gasteiger partial charge in [0.2, 0.25) is 0 Å². The molecular formula is C9H16N4O3S. The lowest BCUT2D eigenvalue weighted by atomic mass is 10.3. The molecule has 1 aromatic heterocycles. The molecule has 0 bridgehead atoms. The van der Waals surface area contributed by atoms with Gasteiger partial charge in [0.05, 0.1) is 19.0 Å². The molecule has 1 fully saturated rings. The average molecular weight is 260 g/mol. The van der Waals surface area contributed by atoms with E-state index >= 15 is 0 Å². The Balaban J connectivity index is 2.21. The smallest absolute Gasteiger partial charge is 0.262 e. The molecule has 1 aliphatic rings. The van der Waals surface area contributed by atoms with Gasteiger partial charge in [-0.25, -0.2) is 13.4 Å². The number of sulfonamides is 1. The fourth-order valence-corrected chi connectivity index (χ4v) is 3.13. The van der Waals surface area contributed by atoms with E-state index in [1.54, 1.807) is 11.6 Å². The van der Waals surface area contributed by atoms with Crippen LogP contribution in [0, 0.1) is 0 Å². The maximum absolute atomic E-state index is 12.2. The molecule has 1 aromatic rings. The highest BCUT2D eigenvalue weighted by Crippen LogP contribution is 2.16. The first-order valence-electron chi connectivity index (χ1n) is 5.34. The molecule has 8 heteroatoms. The molecule has 0 aliphatic carbocycles. The summed E-state index contributed by atoms with van der Waals surface area (Å²) in [7, 11) is -1.79. The van der Waals surface area contributed by atoms with Crippen LogP contribution in [0.5, 0.6) is 0 Å². The van der Waals surface area contributed by atoms with Crippen LogP contribution in [0.1, 0.15) is 0 Å². The molecule has 1 saturated heterocycles. The topological polar surface area (TPSA) is 90.5 Å². The van der Waals surface area contributed by atoms with Crippen molar-refractivity contribution in [3.63, 3.8) is 0 Å². The first kappa shape index (κ1) is 12.5. The summed E-state index contributed by atoms with van der Waals surface area (Å²) >= 11 is 0. The van der Waals surface area contributed by atoms with E-state index < -0.39 is 10.0 Å². The zero-order valence-corrected chi connectivity index (χ0v) is 10.4. The molecule has 7 nitrogen and oxygen atoms in total. The second kappa shape index (κ2) is 4.73. The highest BCUT2D eigenvalue weighted by molar-refractivity contribution is 7.89. The average Bonchev–Trinajstić information content (AvgIpc) is 2.76. The van der Waals surface area contributed by atoms with Gasteiger partial charge < -0.3 is 15.0 Å². The number of nitrogens with zero attached hydrogens (tertiary/aromatic N) is 3. The molecule has 1 aliphatic heterocycles. The van der Waals surface area contributed by atoms with Crippen LogP contribution in [0.4, 0.5) is 0 Å². The predicted octanol–water partition coefficient (Wildman–Crippen LogP) is -1.23. The van der Waals surface area contributed by atoms with E-state index in [1.165, 1.54) is 16.8 Å². The Bertz CT molecular complexity index is 484. The fraction of sp³-hybridized carbons (Fsp3) is 0.667. The second-order valence-electron chi connectivity index (χ2n) is 3.97. The van der Waals surface area contributed by atoms with Gasteiger partial charge in [0, 0.05) is 32.9 Å². The van der Waals surface area contributed by atoms with E-state index in [4.69, 9.17) is 10.5 Å². The van der Waals surface area contributed by atoms with Crippen LogP contribution >= 0.6 is 0 Å². The van der Waals surface area contributed by atoms with Gasteiger partial charge in [-0.15, -0.1) is 0 Å². The van der Waals surface area contributed by atoms with Crippen LogP contribution < -0.4 is 5.73 Å². The minimum atomic E-state index is -3.52. The highest BCUT2D eigenvalue weighted by Gasteiger charge is 2.31. The van der Waals surface area contributed by atoms with Crippen molar-refractivity contribution >= 4 is 10.0 Å². The Morgan fingerprint density at radius 3 is 3.00 bits per heavy atom. The molecule has 0 radical (unpaired) electrons. The summed E-state index contributed by atoms with van der Waals surface area (Å²) in [6, 6.07) is 0. The first-order chi connectivity index (χ1) is 8.04. The summed E-state index contributed by atoms with van der Waals surface area (Å²) in [5.41, 5.74) is 5.49. The lowest BCUT2D eigenvalue weighted by molar-refractivity contribution is 0.00444. The predicted molar refractivity (Wildman–Crippen MR) is 60.8 cm³/mol. The SMILES string of the molecule is Cn1cnc(S(=O)(=O)N2CCOC(CN)C2)c1. The number of ether oxygens (including phenoxy) is 1. The number of imidazole rings is 1. The van der Waals surface area contributed by atoms with Crippen LogP contribution in [0.2, 0.25) is 0 Å². The van der Waals surface area contributed by atoms with Crippen LogP contribution in [0.25, 0.3) is 0 Å². The number of rotatable bonds is 3. The molecule has 2 N–H and O–H groups in total. The Morgan fingerprint density at radius 2 is 2.41 bits per heavy atom. The number of nitrogens with two attached hydrogens (primary N) is 1. The van der Waals surface area contributed by atoms with Crippen LogP contribution in [0.3, 0.4) is 0 Å². The molecule has 0 spiro atoms. The third kappa shape index (κ3) is 2.49. The van der Waals surface area contributed by atoms with Gasteiger partial charge in [-0.2, -0.15) is 4.31 Å². The van der Waals surface area contributed by atoms with Crippen LogP contribution in [0.15, 0.2) is 17.6 Å². The molecule has 1 atom stereocenters. The normalized spacial score (nSPS) is 22.8. The van der Waals surface area contributed by atoms with E-state index in [9.17, 15) is 8.42 Å². The number of hydrogen-bond donors (Lipinski definition) is 1. The van der Waals surface area contributed by atoms with E-state index in [0.717, 1.165) is 0 Å². The van der Waals surface area contributed by atoms with Gasteiger partial charge in [0.1, 0.15) is 0 Å². The number of hydrogen-bond acceptors (Lipinski definition) is 5. The van der Waals surface area contributed by atoms with Gasteiger partial charge >= 0.3 is 0 Å². The Labute approximate surface area is 100 Å². The van der Waals surface area contributed by atoms with Crippen molar-refractivity contribution in [3.05, 3.63) is 12.5 Å². The quantitative estimate of drug-likeness (QED) is 0.734. The van der Waals surface area contributed by atoms with Crippen LogP contribution in [-0.2, 0) is 21.8 Å². The standard InChI is InChI=1S/C9H16N4O3S/c1-12-6-9(11-7-12)17(14,15)13-2-3-16-8(4-10)5-13/h6-8H,2-5,10H2,1H3. The molecule has 1 unspecified atom stereocenters. The monoisotopic (exact) mass is 260 g/mol. The molecule has 96 valence electrons. The number of morpholine rings is 1. The number of aryl methyl sites for hydroxylation is 1. The van der Waals surface area contributed by atoms with E-state index in [2.05, 4.69) is 4.98 Å². The van der Waals surface area contributed by atoms with Gasteiger partial charge in [0.25, 0.3) is 10.0 Å². The van der Waals surface area contributed by atoms with Crippen molar-refractivity contribution in [2.45, 2.75) is 11.1 Å². The van der Waals surface area contributed by atoms with E-state index in [0.29, 0.717) is 19.7 Å². The summed E-state index contributed by atoms with van der Waals surface area (Å²) in [6.07, 6.45) is 2.72. The molecule has 17 heavy (non-hydrogen) atoms. The largest absolute Gasteiger partial charge is 0.374 e. The van der Waals surface area contributed by atoms with Gasteiger partial charge in [-0.3, -0.25) is 0 Å². The molecule has 2 rings (SSSR count). The van der Waals surface area contributed by atoms with Gasteiger partial charge in [0.15, 0.2) is 5.03 Å². The second-order valence-corrected chi connectivity index (χ2v) is 5.85. The van der Waals surface area contributed by atoms with Crippen molar-refractivity contribution in [1.82, 2.24) is 13.9 Å². The Morgan fingerprint density at radius 1 is 1.65 bits per heavy atom. The van der Waals surface area contributed by atoms with Gasteiger partial charge in [-0.05, 0) is 0 Å². The number of aromatic nitrogens is 2. The summed E-state index contributed by atoms with van der Waals surface area (Å²) in [5, 5.41) is 0.0673. The third-order valence-electron chi connectivity index (χ3n) is 2.65. The lowest BCUT2D eigenvalue weighted by Gasteiger charge is -2.30. The minimum Gasteiger partial charge on any atom is -0.374 e.